The van der Waals surface area contributed by atoms with Gasteiger partial charge in [0, 0.05) is 19.6 Å². The Kier molecular flexibility index (Phi) is 17.8. The van der Waals surface area contributed by atoms with Gasteiger partial charge in [0.05, 0.1) is 45.7 Å². The number of rotatable bonds is 11. The Morgan fingerprint density at radius 2 is 1.33 bits per heavy atom. The van der Waals surface area contributed by atoms with Crippen molar-refractivity contribution in [2.24, 2.45) is 4.99 Å². The van der Waals surface area contributed by atoms with Crippen molar-refractivity contribution in [3.05, 3.63) is 166 Å². The molecule has 0 atom stereocenters. The number of ether oxygens (including phenoxy) is 1. The number of nitrogens with zero attached hydrogens (tertiary/aromatic N) is 4. The third-order valence-corrected chi connectivity index (χ3v) is 10.1. The predicted octanol–water partition coefficient (Wildman–Crippen LogP) is 10.6. The van der Waals surface area contributed by atoms with Crippen LogP contribution in [-0.4, -0.2) is 64.0 Å². The monoisotopic (exact) mass is 787 g/mol. The molecular weight excluding hydrogens is 746 g/mol. The van der Waals surface area contributed by atoms with E-state index in [9.17, 15) is 0 Å². The molecule has 1 saturated heterocycles. The van der Waals surface area contributed by atoms with E-state index in [4.69, 9.17) is 45.9 Å². The smallest absolute Gasteiger partial charge is 0.138 e. The summed E-state index contributed by atoms with van der Waals surface area (Å²) >= 11 is 23.2. The summed E-state index contributed by atoms with van der Waals surface area (Å²) in [5.41, 5.74) is 11.4. The minimum atomic E-state index is 0.0161. The highest BCUT2D eigenvalue weighted by molar-refractivity contribution is 8.22. The predicted molar refractivity (Wildman–Crippen MR) is 229 cm³/mol. The van der Waals surface area contributed by atoms with Crippen LogP contribution in [0.2, 0.25) is 10.0 Å². The first-order valence-corrected chi connectivity index (χ1v) is 19.2. The van der Waals surface area contributed by atoms with E-state index in [0.29, 0.717) is 21.4 Å². The van der Waals surface area contributed by atoms with Crippen LogP contribution in [0.25, 0.3) is 0 Å². The van der Waals surface area contributed by atoms with Gasteiger partial charge < -0.3 is 20.3 Å². The van der Waals surface area contributed by atoms with Crippen LogP contribution in [-0.2, 0) is 17.8 Å². The Labute approximate surface area is 333 Å². The van der Waals surface area contributed by atoms with Gasteiger partial charge in [-0.05, 0) is 60.7 Å². The zero-order valence-corrected chi connectivity index (χ0v) is 33.2. The zero-order chi connectivity index (χ0) is 37.1. The summed E-state index contributed by atoms with van der Waals surface area (Å²) < 4.78 is 7.09. The molecule has 2 N–H and O–H groups in total. The van der Waals surface area contributed by atoms with Crippen molar-refractivity contribution >= 4 is 80.3 Å². The Morgan fingerprint density at radius 3 is 1.85 bits per heavy atom. The number of aliphatic imine (C=N–C) groups is 1. The molecule has 0 amide bonds. The minimum Gasteiger partial charge on any atom is -0.397 e. The average Bonchev–Trinajstić information content (AvgIpc) is 3.16. The van der Waals surface area contributed by atoms with E-state index in [-0.39, 0.29) is 6.10 Å². The number of nitrogen functional groups attached to an aromatic ring is 1. The molecule has 1 heterocycles. The maximum Gasteiger partial charge on any atom is 0.138 e. The molecule has 5 aromatic carbocycles. The fourth-order valence-corrected chi connectivity index (χ4v) is 6.64. The molecule has 0 unspecified atom stereocenters. The molecule has 5 aromatic rings. The lowest BCUT2D eigenvalue weighted by Crippen LogP contribution is -2.43. The van der Waals surface area contributed by atoms with Crippen molar-refractivity contribution < 1.29 is 4.74 Å². The largest absolute Gasteiger partial charge is 0.397 e. The van der Waals surface area contributed by atoms with Gasteiger partial charge in [-0.15, -0.1) is 0 Å². The zero-order valence-electron chi connectivity index (χ0n) is 29.3. The van der Waals surface area contributed by atoms with Crippen LogP contribution in [0.5, 0.6) is 0 Å². The van der Waals surface area contributed by atoms with Crippen LogP contribution < -0.4 is 5.73 Å². The Bertz CT molecular complexity index is 1810. The molecule has 270 valence electrons. The Hall–Kier alpha value is -3.60. The number of halogens is 2. The number of benzene rings is 5. The van der Waals surface area contributed by atoms with Crippen LogP contribution in [0.3, 0.4) is 0 Å². The summed E-state index contributed by atoms with van der Waals surface area (Å²) in [5.74, 6) is 0.971. The Balaban J connectivity index is 0.000000181. The second kappa shape index (κ2) is 22.5. The maximum atomic E-state index is 6.08. The van der Waals surface area contributed by atoms with Crippen molar-refractivity contribution in [2.45, 2.75) is 19.2 Å². The van der Waals surface area contributed by atoms with Gasteiger partial charge in [0.1, 0.15) is 10.4 Å². The molecule has 0 bridgehead atoms. The van der Waals surface area contributed by atoms with Crippen molar-refractivity contribution in [1.29, 1.82) is 0 Å². The number of hydrogen-bond acceptors (Lipinski definition) is 8. The van der Waals surface area contributed by atoms with Crippen molar-refractivity contribution in [1.82, 2.24) is 14.7 Å². The number of nitrogens with two attached hydrogens (primary N) is 1. The van der Waals surface area contributed by atoms with E-state index in [2.05, 4.69) is 160 Å². The molecule has 11 heteroatoms. The fourth-order valence-electron chi connectivity index (χ4n) is 5.11. The van der Waals surface area contributed by atoms with E-state index in [0.717, 1.165) is 43.1 Å². The van der Waals surface area contributed by atoms with Crippen LogP contribution in [0.15, 0.2) is 138 Å². The van der Waals surface area contributed by atoms with Crippen molar-refractivity contribution in [3.8, 4) is 0 Å². The van der Waals surface area contributed by atoms with Gasteiger partial charge >= 0.3 is 0 Å². The van der Waals surface area contributed by atoms with Crippen LogP contribution in [0, 0.1) is 0 Å². The molecule has 6 nitrogen and oxygen atoms in total. The molecule has 0 saturated carbocycles. The quantitative estimate of drug-likeness (QED) is 0.0807. The standard InChI is InChI=1S/C17H18N2S2.C17H21NO.C7H4Cl2N2S/c20-17-19(12-16-9-5-2-6-10-16)13-18(14-21-17)11-15-7-3-1-4-8-15;1-18(2)13-14-19-17(15-9-5-3-6-10-15)16-11-7-4-8-12-16;8-4-2-7(11-3-12)5(9)1-6(4)10/h1-10H,11-14H2;3-12,17H,13-14H2,1-2H3;1-2H,10H2. The summed E-state index contributed by atoms with van der Waals surface area (Å²) in [4.78, 5) is 10.5. The Morgan fingerprint density at radius 1 is 0.808 bits per heavy atom. The van der Waals surface area contributed by atoms with Gasteiger partial charge in [-0.2, -0.15) is 4.99 Å². The molecule has 1 fully saturated rings. The number of isothiocyanates is 1. The van der Waals surface area contributed by atoms with Crippen molar-refractivity contribution in [2.75, 3.05) is 45.5 Å². The molecule has 1 aliphatic heterocycles. The number of thioether (sulfide) groups is 1. The normalized spacial score (nSPS) is 12.7. The van der Waals surface area contributed by atoms with Crippen molar-refractivity contribution in [3.63, 3.8) is 0 Å². The molecular formula is C41H43Cl2N5OS3. The first-order chi connectivity index (χ1) is 25.2. The second-order valence-electron chi connectivity index (χ2n) is 12.1. The summed E-state index contributed by atoms with van der Waals surface area (Å²) in [6.45, 7) is 4.41. The lowest BCUT2D eigenvalue weighted by molar-refractivity contribution is 0.0687. The van der Waals surface area contributed by atoms with Gasteiger partial charge in [-0.25, -0.2) is 0 Å². The lowest BCUT2D eigenvalue weighted by atomic mass is 10.0. The first kappa shape index (κ1) is 41.2. The third-order valence-electron chi connectivity index (χ3n) is 7.72. The van der Waals surface area contributed by atoms with E-state index >= 15 is 0 Å². The topological polar surface area (TPSA) is 57.3 Å². The molecule has 0 aromatic heterocycles. The summed E-state index contributed by atoms with van der Waals surface area (Å²) in [6.07, 6.45) is 0.0161. The summed E-state index contributed by atoms with van der Waals surface area (Å²) in [5, 5.41) is 3.01. The highest BCUT2D eigenvalue weighted by Crippen LogP contribution is 2.32. The number of thiocarbonyl (C=S) groups is 2. The second-order valence-corrected chi connectivity index (χ2v) is 14.7. The van der Waals surface area contributed by atoms with Gasteiger partial charge in [0.2, 0.25) is 0 Å². The molecule has 0 radical (unpaired) electrons. The SMILES string of the molecule is CN(C)CCOC(c1ccccc1)c1ccccc1.Nc1cc(Cl)c(N=C=S)cc1Cl.S=C1SCN(Cc2ccccc2)CN1Cc1ccccc1. The summed E-state index contributed by atoms with van der Waals surface area (Å²) in [7, 11) is 4.12. The fraction of sp³-hybridized carbons (Fsp3) is 0.220. The molecule has 6 rings (SSSR count). The van der Waals surface area contributed by atoms with E-state index in [1.807, 2.05) is 12.1 Å². The van der Waals surface area contributed by atoms with Crippen LogP contribution in [0.1, 0.15) is 28.4 Å². The third kappa shape index (κ3) is 14.1. The van der Waals surface area contributed by atoms with E-state index < -0.39 is 0 Å². The van der Waals surface area contributed by atoms with Gasteiger partial charge in [0.25, 0.3) is 0 Å². The van der Waals surface area contributed by atoms with Crippen LogP contribution >= 0.6 is 59.4 Å². The van der Waals surface area contributed by atoms with E-state index in [1.165, 1.54) is 28.3 Å². The maximum absolute atomic E-state index is 6.08. The number of anilines is 1. The lowest BCUT2D eigenvalue weighted by Gasteiger charge is -2.36. The number of hydrogen-bond donors (Lipinski definition) is 1. The van der Waals surface area contributed by atoms with Crippen LogP contribution in [0.4, 0.5) is 11.4 Å². The minimum absolute atomic E-state index is 0.0161. The number of likely N-dealkylation sites (N-methyl/N-ethyl adjacent to an activating group) is 1. The molecule has 0 aliphatic carbocycles. The molecule has 52 heavy (non-hydrogen) atoms. The first-order valence-electron chi connectivity index (χ1n) is 16.6. The summed E-state index contributed by atoms with van der Waals surface area (Å²) in [6, 6.07) is 45.0. The average molecular weight is 789 g/mol. The van der Waals surface area contributed by atoms with E-state index in [1.54, 1.807) is 17.8 Å². The highest BCUT2D eigenvalue weighted by Gasteiger charge is 2.21. The van der Waals surface area contributed by atoms with Gasteiger partial charge in [-0.1, -0.05) is 169 Å². The molecule has 0 spiro atoms. The molecule has 1 aliphatic rings. The van der Waals surface area contributed by atoms with Gasteiger partial charge in [0.15, 0.2) is 0 Å². The van der Waals surface area contributed by atoms with Gasteiger partial charge in [-0.3, -0.25) is 4.90 Å². The highest BCUT2D eigenvalue weighted by atomic mass is 35.5.